The van der Waals surface area contributed by atoms with E-state index in [1.165, 1.54) is 37.8 Å². The van der Waals surface area contributed by atoms with Crippen LogP contribution in [-0.4, -0.2) is 11.9 Å². The second-order valence-electron chi connectivity index (χ2n) is 5.60. The largest absolute Gasteiger partial charge is 0.349 e. The minimum atomic E-state index is -0.475. The van der Waals surface area contributed by atoms with Crippen molar-refractivity contribution in [2.45, 2.75) is 51.5 Å². The lowest BCUT2D eigenvalue weighted by atomic mass is 9.83. The van der Waals surface area contributed by atoms with Crippen molar-refractivity contribution in [3.63, 3.8) is 0 Å². The molecular formula is C16H21BrFNO. The van der Waals surface area contributed by atoms with Crippen molar-refractivity contribution in [3.8, 4) is 0 Å². The van der Waals surface area contributed by atoms with Gasteiger partial charge >= 0.3 is 0 Å². The van der Waals surface area contributed by atoms with E-state index in [1.54, 1.807) is 6.07 Å². The molecule has 0 spiro atoms. The standard InChI is InChI=1S/C16H21BrFNO/c1-2-3-11-4-7-13(8-5-11)19-16(20)14-9-6-12(17)10-15(14)18/h6,9-11,13H,2-5,7-8H2,1H3,(H,19,20). The third-order valence-corrected chi connectivity index (χ3v) is 4.55. The average molecular weight is 342 g/mol. The van der Waals surface area contributed by atoms with Crippen LogP contribution in [-0.2, 0) is 0 Å². The molecule has 0 aromatic heterocycles. The Morgan fingerprint density at radius 3 is 2.65 bits per heavy atom. The van der Waals surface area contributed by atoms with Gasteiger partial charge in [0.25, 0.3) is 5.91 Å². The highest BCUT2D eigenvalue weighted by atomic mass is 79.9. The molecule has 1 aromatic rings. The number of hydrogen-bond acceptors (Lipinski definition) is 1. The van der Waals surface area contributed by atoms with Gasteiger partial charge in [-0.3, -0.25) is 4.79 Å². The predicted octanol–water partition coefficient (Wildman–Crippen LogP) is 4.68. The summed E-state index contributed by atoms with van der Waals surface area (Å²) in [5, 5.41) is 2.96. The van der Waals surface area contributed by atoms with Crippen molar-refractivity contribution in [2.24, 2.45) is 5.92 Å². The summed E-state index contributed by atoms with van der Waals surface area (Å²) >= 11 is 3.19. The Labute approximate surface area is 128 Å². The van der Waals surface area contributed by atoms with Crippen LogP contribution in [0.2, 0.25) is 0 Å². The van der Waals surface area contributed by atoms with Gasteiger partial charge in [0.2, 0.25) is 0 Å². The molecule has 4 heteroatoms. The highest BCUT2D eigenvalue weighted by molar-refractivity contribution is 9.10. The fourth-order valence-corrected chi connectivity index (χ4v) is 3.27. The molecule has 1 fully saturated rings. The number of carbonyl (C=O) groups is 1. The van der Waals surface area contributed by atoms with E-state index in [2.05, 4.69) is 28.2 Å². The van der Waals surface area contributed by atoms with Crippen molar-refractivity contribution >= 4 is 21.8 Å². The minimum Gasteiger partial charge on any atom is -0.349 e. The van der Waals surface area contributed by atoms with Gasteiger partial charge < -0.3 is 5.32 Å². The van der Waals surface area contributed by atoms with Gasteiger partial charge in [0.1, 0.15) is 5.82 Å². The van der Waals surface area contributed by atoms with Gasteiger partial charge in [-0.05, 0) is 49.8 Å². The lowest BCUT2D eigenvalue weighted by Crippen LogP contribution is -2.38. The Morgan fingerprint density at radius 1 is 1.35 bits per heavy atom. The van der Waals surface area contributed by atoms with E-state index >= 15 is 0 Å². The van der Waals surface area contributed by atoms with E-state index in [0.29, 0.717) is 4.47 Å². The topological polar surface area (TPSA) is 29.1 Å². The van der Waals surface area contributed by atoms with Crippen LogP contribution in [0.4, 0.5) is 4.39 Å². The number of benzene rings is 1. The molecule has 1 aromatic carbocycles. The average Bonchev–Trinajstić information content (AvgIpc) is 2.41. The monoisotopic (exact) mass is 341 g/mol. The summed E-state index contributed by atoms with van der Waals surface area (Å²) in [5.41, 5.74) is 0.129. The highest BCUT2D eigenvalue weighted by Gasteiger charge is 2.23. The zero-order valence-corrected chi connectivity index (χ0v) is 13.4. The van der Waals surface area contributed by atoms with Crippen molar-refractivity contribution in [1.29, 1.82) is 0 Å². The number of nitrogens with one attached hydrogen (secondary N) is 1. The third-order valence-electron chi connectivity index (χ3n) is 4.05. The first-order valence-electron chi connectivity index (χ1n) is 7.36. The molecule has 0 bridgehead atoms. The van der Waals surface area contributed by atoms with Crippen LogP contribution in [0.15, 0.2) is 22.7 Å². The second-order valence-corrected chi connectivity index (χ2v) is 6.52. The van der Waals surface area contributed by atoms with Crippen molar-refractivity contribution in [3.05, 3.63) is 34.1 Å². The van der Waals surface area contributed by atoms with Crippen molar-refractivity contribution in [2.75, 3.05) is 0 Å². The molecule has 1 N–H and O–H groups in total. The quantitative estimate of drug-likeness (QED) is 0.846. The van der Waals surface area contributed by atoms with Crippen LogP contribution in [0.3, 0.4) is 0 Å². The van der Waals surface area contributed by atoms with Crippen molar-refractivity contribution < 1.29 is 9.18 Å². The first kappa shape index (κ1) is 15.5. The maximum absolute atomic E-state index is 13.7. The Bertz CT molecular complexity index is 470. The normalized spacial score (nSPS) is 22.6. The number of amides is 1. The molecule has 1 saturated carbocycles. The fourth-order valence-electron chi connectivity index (χ4n) is 2.94. The minimum absolute atomic E-state index is 0.129. The van der Waals surface area contributed by atoms with Gasteiger partial charge in [0.05, 0.1) is 5.56 Å². The molecular weight excluding hydrogens is 321 g/mol. The molecule has 1 aliphatic carbocycles. The first-order valence-corrected chi connectivity index (χ1v) is 8.15. The number of halogens is 2. The Kier molecular flexibility index (Phi) is 5.58. The number of hydrogen-bond donors (Lipinski definition) is 1. The third kappa shape index (κ3) is 4.05. The molecule has 0 radical (unpaired) electrons. The molecule has 0 heterocycles. The lowest BCUT2D eigenvalue weighted by molar-refractivity contribution is 0.0917. The first-order chi connectivity index (χ1) is 9.60. The van der Waals surface area contributed by atoms with Crippen LogP contribution in [0, 0.1) is 11.7 Å². The summed E-state index contributed by atoms with van der Waals surface area (Å²) < 4.78 is 14.4. The van der Waals surface area contributed by atoms with Crippen LogP contribution >= 0.6 is 15.9 Å². The van der Waals surface area contributed by atoms with Gasteiger partial charge in [-0.2, -0.15) is 0 Å². The zero-order chi connectivity index (χ0) is 14.5. The number of rotatable bonds is 4. The maximum atomic E-state index is 13.7. The molecule has 20 heavy (non-hydrogen) atoms. The van der Waals surface area contributed by atoms with E-state index < -0.39 is 5.82 Å². The summed E-state index contributed by atoms with van der Waals surface area (Å²) in [6.45, 7) is 2.21. The molecule has 0 saturated heterocycles. The summed E-state index contributed by atoms with van der Waals surface area (Å²) in [6.07, 6.45) is 6.86. The van der Waals surface area contributed by atoms with E-state index in [4.69, 9.17) is 0 Å². The highest BCUT2D eigenvalue weighted by Crippen LogP contribution is 2.28. The van der Waals surface area contributed by atoms with E-state index in [9.17, 15) is 9.18 Å². The smallest absolute Gasteiger partial charge is 0.254 e. The lowest BCUT2D eigenvalue weighted by Gasteiger charge is -2.29. The van der Waals surface area contributed by atoms with Crippen LogP contribution in [0.25, 0.3) is 0 Å². The van der Waals surface area contributed by atoms with E-state index in [0.717, 1.165) is 18.8 Å². The predicted molar refractivity (Wildman–Crippen MR) is 82.2 cm³/mol. The molecule has 2 nitrogen and oxygen atoms in total. The van der Waals surface area contributed by atoms with E-state index in [1.807, 2.05) is 0 Å². The Hall–Kier alpha value is -0.900. The molecule has 0 aliphatic heterocycles. The van der Waals surface area contributed by atoms with Gasteiger partial charge in [-0.1, -0.05) is 35.7 Å². The van der Waals surface area contributed by atoms with Crippen LogP contribution in [0.1, 0.15) is 55.8 Å². The van der Waals surface area contributed by atoms with Gasteiger partial charge in [-0.25, -0.2) is 4.39 Å². The van der Waals surface area contributed by atoms with Gasteiger partial charge in [0.15, 0.2) is 0 Å². The molecule has 1 aliphatic rings. The van der Waals surface area contributed by atoms with Crippen LogP contribution < -0.4 is 5.32 Å². The number of carbonyl (C=O) groups excluding carboxylic acids is 1. The summed E-state index contributed by atoms with van der Waals surface area (Å²) in [5.74, 6) is 0.0306. The Morgan fingerprint density at radius 2 is 2.05 bits per heavy atom. The summed E-state index contributed by atoms with van der Waals surface area (Å²) in [7, 11) is 0. The van der Waals surface area contributed by atoms with Gasteiger partial charge in [-0.15, -0.1) is 0 Å². The summed E-state index contributed by atoms with van der Waals surface area (Å²) in [6, 6.07) is 4.74. The maximum Gasteiger partial charge on any atom is 0.254 e. The molecule has 0 atom stereocenters. The SMILES string of the molecule is CCCC1CCC(NC(=O)c2ccc(Br)cc2F)CC1. The summed E-state index contributed by atoms with van der Waals surface area (Å²) in [4.78, 5) is 12.1. The fraction of sp³-hybridized carbons (Fsp3) is 0.562. The molecule has 0 unspecified atom stereocenters. The zero-order valence-electron chi connectivity index (χ0n) is 11.8. The molecule has 2 rings (SSSR count). The van der Waals surface area contributed by atoms with Crippen LogP contribution in [0.5, 0.6) is 0 Å². The van der Waals surface area contributed by atoms with E-state index in [-0.39, 0.29) is 17.5 Å². The molecule has 110 valence electrons. The Balaban J connectivity index is 1.89. The second kappa shape index (κ2) is 7.21. The van der Waals surface area contributed by atoms with Crippen molar-refractivity contribution in [1.82, 2.24) is 5.32 Å². The van der Waals surface area contributed by atoms with Gasteiger partial charge in [0, 0.05) is 10.5 Å². The molecule has 1 amide bonds.